The molecule has 4 heteroatoms. The second-order valence-corrected chi connectivity index (χ2v) is 5.14. The maximum Gasteiger partial charge on any atom is 0.128 e. The van der Waals surface area contributed by atoms with Gasteiger partial charge in [-0.25, -0.2) is 4.98 Å². The first kappa shape index (κ1) is 13.1. The molecule has 1 fully saturated rings. The summed E-state index contributed by atoms with van der Waals surface area (Å²) in [5.41, 5.74) is 1.15. The minimum absolute atomic E-state index is 0.377. The summed E-state index contributed by atoms with van der Waals surface area (Å²) in [4.78, 5) is 13.7. The van der Waals surface area contributed by atoms with Crippen LogP contribution in [-0.4, -0.2) is 41.0 Å². The molecule has 0 amide bonds. The molecule has 1 aliphatic rings. The van der Waals surface area contributed by atoms with Crippen LogP contribution in [0.1, 0.15) is 18.7 Å². The molecule has 0 aliphatic carbocycles. The third kappa shape index (κ3) is 2.80. The van der Waals surface area contributed by atoms with Gasteiger partial charge in [0, 0.05) is 44.6 Å². The Kier molecular flexibility index (Phi) is 3.92. The number of piperazine rings is 1. The molecule has 1 atom stereocenters. The maximum absolute atomic E-state index is 4.46. The van der Waals surface area contributed by atoms with Gasteiger partial charge in [-0.1, -0.05) is 12.1 Å². The zero-order chi connectivity index (χ0) is 13.8. The van der Waals surface area contributed by atoms with E-state index in [0.29, 0.717) is 6.04 Å². The van der Waals surface area contributed by atoms with Crippen molar-refractivity contribution in [3.8, 4) is 0 Å². The fourth-order valence-corrected chi connectivity index (χ4v) is 2.69. The standard InChI is InChI=1S/C16H20N4/c1-14(15-6-2-4-8-17-15)19-10-12-20(13-11-19)16-7-3-5-9-18-16/h2-9,14H,10-13H2,1H3. The first-order valence-corrected chi connectivity index (χ1v) is 7.15. The predicted octanol–water partition coefficient (Wildman–Crippen LogP) is 2.36. The van der Waals surface area contributed by atoms with Crippen molar-refractivity contribution in [3.63, 3.8) is 0 Å². The molecule has 3 heterocycles. The molecule has 4 nitrogen and oxygen atoms in total. The Bertz CT molecular complexity index is 521. The van der Waals surface area contributed by atoms with E-state index in [2.05, 4.69) is 44.9 Å². The topological polar surface area (TPSA) is 32.3 Å². The van der Waals surface area contributed by atoms with E-state index < -0.39 is 0 Å². The van der Waals surface area contributed by atoms with Gasteiger partial charge in [-0.15, -0.1) is 0 Å². The molecule has 20 heavy (non-hydrogen) atoms. The van der Waals surface area contributed by atoms with Crippen LogP contribution in [0.2, 0.25) is 0 Å². The number of rotatable bonds is 3. The highest BCUT2D eigenvalue weighted by Gasteiger charge is 2.23. The van der Waals surface area contributed by atoms with Gasteiger partial charge in [0.1, 0.15) is 5.82 Å². The second kappa shape index (κ2) is 6.01. The molecular formula is C16H20N4. The van der Waals surface area contributed by atoms with E-state index in [4.69, 9.17) is 0 Å². The summed E-state index contributed by atoms with van der Waals surface area (Å²) < 4.78 is 0. The van der Waals surface area contributed by atoms with Gasteiger partial charge in [0.25, 0.3) is 0 Å². The molecule has 0 spiro atoms. The van der Waals surface area contributed by atoms with E-state index in [9.17, 15) is 0 Å². The van der Waals surface area contributed by atoms with Crippen LogP contribution in [0.25, 0.3) is 0 Å². The van der Waals surface area contributed by atoms with Crippen LogP contribution in [0.15, 0.2) is 48.8 Å². The van der Waals surface area contributed by atoms with Crippen molar-refractivity contribution in [1.82, 2.24) is 14.9 Å². The molecule has 0 N–H and O–H groups in total. The molecule has 0 bridgehead atoms. The first-order chi connectivity index (χ1) is 9.84. The average molecular weight is 268 g/mol. The SMILES string of the molecule is CC(c1ccccn1)N1CCN(c2ccccn2)CC1. The lowest BCUT2D eigenvalue weighted by Crippen LogP contribution is -2.47. The van der Waals surface area contributed by atoms with Crippen molar-refractivity contribution in [2.75, 3.05) is 31.1 Å². The molecule has 1 unspecified atom stereocenters. The predicted molar refractivity (Wildman–Crippen MR) is 80.7 cm³/mol. The molecule has 2 aromatic heterocycles. The minimum atomic E-state index is 0.377. The lowest BCUT2D eigenvalue weighted by atomic mass is 10.1. The van der Waals surface area contributed by atoms with Crippen LogP contribution in [0.5, 0.6) is 0 Å². The maximum atomic E-state index is 4.46. The van der Waals surface area contributed by atoms with Gasteiger partial charge < -0.3 is 4.90 Å². The van der Waals surface area contributed by atoms with Crippen LogP contribution in [-0.2, 0) is 0 Å². The van der Waals surface area contributed by atoms with E-state index >= 15 is 0 Å². The van der Waals surface area contributed by atoms with Crippen molar-refractivity contribution >= 4 is 5.82 Å². The monoisotopic (exact) mass is 268 g/mol. The average Bonchev–Trinajstić information content (AvgIpc) is 2.56. The van der Waals surface area contributed by atoms with Crippen molar-refractivity contribution < 1.29 is 0 Å². The van der Waals surface area contributed by atoms with Gasteiger partial charge in [-0.05, 0) is 31.2 Å². The Morgan fingerprint density at radius 3 is 2.20 bits per heavy atom. The summed E-state index contributed by atoms with van der Waals surface area (Å²) in [6.07, 6.45) is 3.73. The third-order valence-corrected chi connectivity index (χ3v) is 3.95. The zero-order valence-corrected chi connectivity index (χ0v) is 11.8. The second-order valence-electron chi connectivity index (χ2n) is 5.14. The summed E-state index contributed by atoms with van der Waals surface area (Å²) >= 11 is 0. The number of nitrogens with zero attached hydrogens (tertiary/aromatic N) is 4. The third-order valence-electron chi connectivity index (χ3n) is 3.95. The van der Waals surface area contributed by atoms with Crippen molar-refractivity contribution in [3.05, 3.63) is 54.5 Å². The summed E-state index contributed by atoms with van der Waals surface area (Å²) in [6, 6.07) is 12.6. The van der Waals surface area contributed by atoms with Crippen molar-refractivity contribution in [2.24, 2.45) is 0 Å². The minimum Gasteiger partial charge on any atom is -0.354 e. The summed E-state index contributed by atoms with van der Waals surface area (Å²) in [5, 5.41) is 0. The highest BCUT2D eigenvalue weighted by Crippen LogP contribution is 2.21. The van der Waals surface area contributed by atoms with Gasteiger partial charge in [0.15, 0.2) is 0 Å². The molecule has 1 aliphatic heterocycles. The highest BCUT2D eigenvalue weighted by atomic mass is 15.3. The molecule has 1 saturated heterocycles. The normalized spacial score (nSPS) is 17.9. The number of anilines is 1. The number of hydrogen-bond donors (Lipinski definition) is 0. The van der Waals surface area contributed by atoms with E-state index in [-0.39, 0.29) is 0 Å². The summed E-state index contributed by atoms with van der Waals surface area (Å²) in [6.45, 7) is 6.38. The van der Waals surface area contributed by atoms with E-state index in [1.54, 1.807) is 0 Å². The lowest BCUT2D eigenvalue weighted by molar-refractivity contribution is 0.195. The molecule has 3 rings (SSSR count). The summed E-state index contributed by atoms with van der Waals surface area (Å²) in [7, 11) is 0. The first-order valence-electron chi connectivity index (χ1n) is 7.15. The van der Waals surface area contributed by atoms with E-state index in [1.807, 2.05) is 30.6 Å². The smallest absolute Gasteiger partial charge is 0.128 e. The quantitative estimate of drug-likeness (QED) is 0.855. The summed E-state index contributed by atoms with van der Waals surface area (Å²) in [5.74, 6) is 1.08. The highest BCUT2D eigenvalue weighted by molar-refractivity contribution is 5.38. The van der Waals surface area contributed by atoms with Crippen LogP contribution in [0.4, 0.5) is 5.82 Å². The van der Waals surface area contributed by atoms with Gasteiger partial charge in [-0.2, -0.15) is 0 Å². The van der Waals surface area contributed by atoms with Gasteiger partial charge in [0.2, 0.25) is 0 Å². The van der Waals surface area contributed by atoms with E-state index in [1.165, 1.54) is 0 Å². The molecule has 0 saturated carbocycles. The van der Waals surface area contributed by atoms with Crippen LogP contribution >= 0.6 is 0 Å². The Labute approximate surface area is 120 Å². The fraction of sp³-hybridized carbons (Fsp3) is 0.375. The molecule has 2 aromatic rings. The van der Waals surface area contributed by atoms with Crippen LogP contribution in [0, 0.1) is 0 Å². The van der Waals surface area contributed by atoms with Crippen LogP contribution in [0.3, 0.4) is 0 Å². The van der Waals surface area contributed by atoms with Crippen molar-refractivity contribution in [2.45, 2.75) is 13.0 Å². The Hall–Kier alpha value is -1.94. The Balaban J connectivity index is 1.61. The molecule has 104 valence electrons. The Morgan fingerprint density at radius 2 is 1.60 bits per heavy atom. The van der Waals surface area contributed by atoms with Gasteiger partial charge in [0.05, 0.1) is 5.69 Å². The van der Waals surface area contributed by atoms with E-state index in [0.717, 1.165) is 37.7 Å². The number of aromatic nitrogens is 2. The molecular weight excluding hydrogens is 248 g/mol. The van der Waals surface area contributed by atoms with Gasteiger partial charge in [-0.3, -0.25) is 9.88 Å². The zero-order valence-electron chi connectivity index (χ0n) is 11.8. The lowest BCUT2D eigenvalue weighted by Gasteiger charge is -2.38. The van der Waals surface area contributed by atoms with Gasteiger partial charge >= 0.3 is 0 Å². The number of hydrogen-bond acceptors (Lipinski definition) is 4. The van der Waals surface area contributed by atoms with Crippen LogP contribution < -0.4 is 4.90 Å². The molecule has 0 radical (unpaired) electrons. The largest absolute Gasteiger partial charge is 0.354 e. The van der Waals surface area contributed by atoms with Crippen molar-refractivity contribution in [1.29, 1.82) is 0 Å². The number of pyridine rings is 2. The Morgan fingerprint density at radius 1 is 0.900 bits per heavy atom. The molecule has 0 aromatic carbocycles. The fourth-order valence-electron chi connectivity index (χ4n) is 2.69.